The first kappa shape index (κ1) is 17.0. The molecule has 1 N–H and O–H groups in total. The molecule has 0 saturated carbocycles. The van der Waals surface area contributed by atoms with Crippen molar-refractivity contribution in [2.45, 2.75) is 13.5 Å². The van der Waals surface area contributed by atoms with Gasteiger partial charge in [0.1, 0.15) is 5.75 Å². The highest BCUT2D eigenvalue weighted by atomic mass is 16.7. The van der Waals surface area contributed by atoms with E-state index in [2.05, 4.69) is 5.32 Å². The second-order valence-electron chi connectivity index (χ2n) is 6.03. The van der Waals surface area contributed by atoms with Gasteiger partial charge in [0.25, 0.3) is 11.5 Å². The lowest BCUT2D eigenvalue weighted by atomic mass is 10.1. The first-order valence-electron chi connectivity index (χ1n) is 8.60. The largest absolute Gasteiger partial charge is 0.483 e. The molecule has 1 aliphatic rings. The Bertz CT molecular complexity index is 1070. The van der Waals surface area contributed by atoms with Gasteiger partial charge in [0.15, 0.2) is 18.1 Å². The van der Waals surface area contributed by atoms with E-state index in [9.17, 15) is 9.59 Å². The molecule has 0 atom stereocenters. The molecule has 0 saturated heterocycles. The maximum absolute atomic E-state index is 12.4. The molecule has 2 heterocycles. The normalized spacial score (nSPS) is 12.2. The van der Waals surface area contributed by atoms with E-state index >= 15 is 0 Å². The van der Waals surface area contributed by atoms with E-state index < -0.39 is 0 Å². The molecule has 3 aromatic rings. The maximum atomic E-state index is 12.4. The predicted molar refractivity (Wildman–Crippen MR) is 101 cm³/mol. The molecule has 1 amide bonds. The van der Waals surface area contributed by atoms with Crippen LogP contribution in [0.25, 0.3) is 10.8 Å². The second kappa shape index (κ2) is 7.03. The van der Waals surface area contributed by atoms with Crippen LogP contribution in [-0.2, 0) is 11.3 Å². The van der Waals surface area contributed by atoms with E-state index in [1.54, 1.807) is 47.2 Å². The highest BCUT2D eigenvalue weighted by Gasteiger charge is 2.14. The van der Waals surface area contributed by atoms with E-state index in [4.69, 9.17) is 14.2 Å². The van der Waals surface area contributed by atoms with Crippen molar-refractivity contribution in [3.8, 4) is 17.2 Å². The SMILES string of the molecule is CCn1ccc2c(OCC(=O)Nc3ccc4c(c3)OCO4)cccc2c1=O. The van der Waals surface area contributed by atoms with Crippen molar-refractivity contribution in [2.75, 3.05) is 18.7 Å². The smallest absolute Gasteiger partial charge is 0.262 e. The number of fused-ring (bicyclic) bond motifs is 2. The molecule has 0 aliphatic carbocycles. The molecule has 138 valence electrons. The summed E-state index contributed by atoms with van der Waals surface area (Å²) in [7, 11) is 0. The molecule has 1 aliphatic heterocycles. The third kappa shape index (κ3) is 3.31. The fourth-order valence-electron chi connectivity index (χ4n) is 2.98. The average molecular weight is 366 g/mol. The van der Waals surface area contributed by atoms with Gasteiger partial charge in [0.2, 0.25) is 6.79 Å². The average Bonchev–Trinajstić information content (AvgIpc) is 3.14. The van der Waals surface area contributed by atoms with Crippen LogP contribution in [0.5, 0.6) is 17.2 Å². The molecule has 7 heteroatoms. The Kier molecular flexibility index (Phi) is 4.42. The summed E-state index contributed by atoms with van der Waals surface area (Å²) in [6.07, 6.45) is 1.73. The third-order valence-corrected chi connectivity index (χ3v) is 4.33. The van der Waals surface area contributed by atoms with E-state index in [-0.39, 0.29) is 24.9 Å². The van der Waals surface area contributed by atoms with Crippen LogP contribution in [0.3, 0.4) is 0 Å². The number of nitrogens with zero attached hydrogens (tertiary/aromatic N) is 1. The van der Waals surface area contributed by atoms with Crippen LogP contribution >= 0.6 is 0 Å². The van der Waals surface area contributed by atoms with Gasteiger partial charge in [0.05, 0.1) is 5.39 Å². The van der Waals surface area contributed by atoms with Crippen molar-refractivity contribution in [1.82, 2.24) is 4.57 Å². The Balaban J connectivity index is 1.47. The lowest BCUT2D eigenvalue weighted by Gasteiger charge is -2.11. The summed E-state index contributed by atoms with van der Waals surface area (Å²) in [5, 5.41) is 4.00. The number of pyridine rings is 1. The summed E-state index contributed by atoms with van der Waals surface area (Å²) in [6.45, 7) is 2.51. The number of anilines is 1. The zero-order valence-corrected chi connectivity index (χ0v) is 14.7. The first-order valence-corrected chi connectivity index (χ1v) is 8.60. The Hall–Kier alpha value is -3.48. The van der Waals surface area contributed by atoms with E-state index in [1.165, 1.54) is 0 Å². The molecular weight excluding hydrogens is 348 g/mol. The highest BCUT2D eigenvalue weighted by molar-refractivity contribution is 5.93. The van der Waals surface area contributed by atoms with Crippen molar-refractivity contribution in [3.05, 3.63) is 59.0 Å². The van der Waals surface area contributed by atoms with E-state index in [1.807, 2.05) is 13.0 Å². The molecule has 0 spiro atoms. The van der Waals surface area contributed by atoms with Gasteiger partial charge < -0.3 is 24.1 Å². The number of carbonyl (C=O) groups excluding carboxylic acids is 1. The number of rotatable bonds is 5. The zero-order valence-electron chi connectivity index (χ0n) is 14.7. The molecule has 27 heavy (non-hydrogen) atoms. The number of aromatic nitrogens is 1. The molecule has 4 rings (SSSR count). The summed E-state index contributed by atoms with van der Waals surface area (Å²) < 4.78 is 17.8. The fraction of sp³-hybridized carbons (Fsp3) is 0.200. The summed E-state index contributed by atoms with van der Waals surface area (Å²) >= 11 is 0. The second-order valence-corrected chi connectivity index (χ2v) is 6.03. The minimum atomic E-state index is -0.312. The summed E-state index contributed by atoms with van der Waals surface area (Å²) in [4.78, 5) is 24.6. The van der Waals surface area contributed by atoms with Crippen molar-refractivity contribution >= 4 is 22.4 Å². The van der Waals surface area contributed by atoms with Gasteiger partial charge >= 0.3 is 0 Å². The van der Waals surface area contributed by atoms with Crippen LogP contribution in [0.4, 0.5) is 5.69 Å². The number of benzene rings is 2. The van der Waals surface area contributed by atoms with Crippen LogP contribution in [0.2, 0.25) is 0 Å². The van der Waals surface area contributed by atoms with Crippen molar-refractivity contribution in [3.63, 3.8) is 0 Å². The molecule has 0 unspecified atom stereocenters. The lowest BCUT2D eigenvalue weighted by Crippen LogP contribution is -2.21. The molecule has 7 nitrogen and oxygen atoms in total. The molecule has 0 bridgehead atoms. The number of amides is 1. The third-order valence-electron chi connectivity index (χ3n) is 4.33. The Labute approximate surface area is 155 Å². The number of carbonyl (C=O) groups is 1. The van der Waals surface area contributed by atoms with E-state index in [0.29, 0.717) is 40.3 Å². The fourth-order valence-corrected chi connectivity index (χ4v) is 2.98. The van der Waals surface area contributed by atoms with Crippen LogP contribution in [0.1, 0.15) is 6.92 Å². The minimum absolute atomic E-state index is 0.0785. The standard InChI is InChI=1S/C20H18N2O5/c1-2-22-9-8-14-15(20(22)24)4-3-5-16(14)25-11-19(23)21-13-6-7-17-18(10-13)27-12-26-17/h3-10H,2,11-12H2,1H3,(H,21,23). The van der Waals surface area contributed by atoms with E-state index in [0.717, 1.165) is 0 Å². The first-order chi connectivity index (χ1) is 13.2. The highest BCUT2D eigenvalue weighted by Crippen LogP contribution is 2.34. The van der Waals surface area contributed by atoms with Gasteiger partial charge in [-0.15, -0.1) is 0 Å². The zero-order chi connectivity index (χ0) is 18.8. The summed E-state index contributed by atoms with van der Waals surface area (Å²) in [6, 6.07) is 12.2. The summed E-state index contributed by atoms with van der Waals surface area (Å²) in [5.74, 6) is 1.43. The number of hydrogen-bond donors (Lipinski definition) is 1. The number of aryl methyl sites for hydroxylation is 1. The molecular formula is C20H18N2O5. The van der Waals surface area contributed by atoms with Crippen molar-refractivity contribution in [2.24, 2.45) is 0 Å². The van der Waals surface area contributed by atoms with Gasteiger partial charge in [-0.25, -0.2) is 0 Å². The minimum Gasteiger partial charge on any atom is -0.483 e. The monoisotopic (exact) mass is 366 g/mol. The number of ether oxygens (including phenoxy) is 3. The van der Waals surface area contributed by atoms with Crippen LogP contribution in [0.15, 0.2) is 53.5 Å². The molecule has 1 aromatic heterocycles. The maximum Gasteiger partial charge on any atom is 0.262 e. The van der Waals surface area contributed by atoms with Gasteiger partial charge in [-0.05, 0) is 37.3 Å². The predicted octanol–water partition coefficient (Wildman–Crippen LogP) is 2.77. The molecule has 2 aromatic carbocycles. The Morgan fingerprint density at radius 3 is 2.85 bits per heavy atom. The van der Waals surface area contributed by atoms with Gasteiger partial charge in [-0.2, -0.15) is 0 Å². The van der Waals surface area contributed by atoms with Gasteiger partial charge in [-0.1, -0.05) is 6.07 Å². The molecule has 0 fully saturated rings. The van der Waals surface area contributed by atoms with Crippen LogP contribution < -0.4 is 25.1 Å². The quantitative estimate of drug-likeness (QED) is 0.751. The van der Waals surface area contributed by atoms with Crippen LogP contribution in [0, 0.1) is 0 Å². The molecule has 0 radical (unpaired) electrons. The number of nitrogens with one attached hydrogen (secondary N) is 1. The Morgan fingerprint density at radius 1 is 1.15 bits per heavy atom. The number of hydrogen-bond acceptors (Lipinski definition) is 5. The van der Waals surface area contributed by atoms with Crippen molar-refractivity contribution in [1.29, 1.82) is 0 Å². The van der Waals surface area contributed by atoms with Gasteiger partial charge in [0, 0.05) is 29.9 Å². The van der Waals surface area contributed by atoms with Gasteiger partial charge in [-0.3, -0.25) is 9.59 Å². The topological polar surface area (TPSA) is 78.8 Å². The summed E-state index contributed by atoms with van der Waals surface area (Å²) in [5.41, 5.74) is 0.516. The Morgan fingerprint density at radius 2 is 2.00 bits per heavy atom. The van der Waals surface area contributed by atoms with Crippen LogP contribution in [-0.4, -0.2) is 23.9 Å². The van der Waals surface area contributed by atoms with Crippen molar-refractivity contribution < 1.29 is 19.0 Å². The lowest BCUT2D eigenvalue weighted by molar-refractivity contribution is -0.118.